The number of thiophene rings is 1. The monoisotopic (exact) mass is 699 g/mol. The normalized spacial score (nSPS) is 12.0. The lowest BCUT2D eigenvalue weighted by Crippen LogP contribution is -2.04. The number of aromatic nitrogens is 3. The van der Waals surface area contributed by atoms with Crippen molar-refractivity contribution in [3.05, 3.63) is 157 Å². The number of hydrogen-bond acceptors (Lipinski definition) is 4. The van der Waals surface area contributed by atoms with Crippen LogP contribution in [0.25, 0.3) is 103 Å². The van der Waals surface area contributed by atoms with Crippen molar-refractivity contribution in [3.63, 3.8) is 0 Å². The molecule has 52 heavy (non-hydrogen) atoms. The molecule has 0 aliphatic rings. The van der Waals surface area contributed by atoms with Crippen molar-refractivity contribution in [1.29, 1.82) is 0 Å². The molecular weight excluding hydrogens is 671 g/mol. The molecule has 0 saturated carbocycles. The molecule has 3 aromatic heterocycles. The molecule has 11 rings (SSSR count). The Labute approximate surface area is 308 Å². The van der Waals surface area contributed by atoms with Crippen molar-refractivity contribution in [1.82, 2.24) is 14.5 Å². The zero-order valence-corrected chi connectivity index (χ0v) is 29.8. The highest BCUT2D eigenvalue weighted by atomic mass is 32.1. The number of nitrogens with zero attached hydrogens (tertiary/aromatic N) is 3. The van der Waals surface area contributed by atoms with Crippen molar-refractivity contribution in [2.24, 2.45) is 0 Å². The van der Waals surface area contributed by atoms with Crippen LogP contribution in [0.15, 0.2) is 157 Å². The van der Waals surface area contributed by atoms with Gasteiger partial charge in [-0.3, -0.25) is 4.57 Å². The van der Waals surface area contributed by atoms with Crippen LogP contribution < -0.4 is 0 Å². The fourth-order valence-corrected chi connectivity index (χ4v) is 9.84. The molecule has 5 heteroatoms. The minimum absolute atomic E-state index is 0.655. The SMILES string of the molecule is Cc1c(-c2ccccc2S)c2c(c3ccccc13)c1ccccc1n2-c1nc(-c2cc3ccccc3c3ccccc23)c2sc3ccccc3c2n1. The van der Waals surface area contributed by atoms with E-state index in [4.69, 9.17) is 22.6 Å². The largest absolute Gasteiger partial charge is 0.277 e. The molecule has 0 N–H and O–H groups in total. The maximum atomic E-state index is 5.68. The summed E-state index contributed by atoms with van der Waals surface area (Å²) >= 11 is 6.80. The summed E-state index contributed by atoms with van der Waals surface area (Å²) in [6.45, 7) is 2.24. The molecule has 0 radical (unpaired) electrons. The van der Waals surface area contributed by atoms with Crippen molar-refractivity contribution in [2.75, 3.05) is 0 Å². The van der Waals surface area contributed by atoms with E-state index in [0.717, 1.165) is 53.9 Å². The average Bonchev–Trinajstić information content (AvgIpc) is 3.74. The van der Waals surface area contributed by atoms with E-state index in [0.29, 0.717) is 5.95 Å². The molecule has 0 amide bonds. The molecule has 0 aliphatic carbocycles. The van der Waals surface area contributed by atoms with E-state index in [2.05, 4.69) is 157 Å². The van der Waals surface area contributed by atoms with E-state index in [-0.39, 0.29) is 0 Å². The Kier molecular flexibility index (Phi) is 6.42. The Bertz CT molecular complexity index is 3280. The predicted molar refractivity (Wildman–Crippen MR) is 225 cm³/mol. The number of para-hydroxylation sites is 1. The summed E-state index contributed by atoms with van der Waals surface area (Å²) in [5, 5.41) is 10.8. The summed E-state index contributed by atoms with van der Waals surface area (Å²) in [7, 11) is 0. The van der Waals surface area contributed by atoms with Crippen LogP contribution in [0.5, 0.6) is 0 Å². The maximum absolute atomic E-state index is 5.68. The third-order valence-corrected chi connectivity index (χ3v) is 12.2. The van der Waals surface area contributed by atoms with Crippen LogP contribution >= 0.6 is 24.0 Å². The smallest absolute Gasteiger partial charge is 0.235 e. The van der Waals surface area contributed by atoms with Crippen LogP contribution in [0.4, 0.5) is 0 Å². The third-order valence-electron chi connectivity index (χ3n) is 10.7. The molecule has 0 unspecified atom stereocenters. The fourth-order valence-electron chi connectivity index (χ4n) is 8.42. The molecule has 0 aliphatic heterocycles. The first-order valence-electron chi connectivity index (χ1n) is 17.5. The van der Waals surface area contributed by atoms with Gasteiger partial charge in [0.15, 0.2) is 0 Å². The highest BCUT2D eigenvalue weighted by Gasteiger charge is 2.26. The zero-order chi connectivity index (χ0) is 34.5. The minimum Gasteiger partial charge on any atom is -0.277 e. The van der Waals surface area contributed by atoms with E-state index in [1.54, 1.807) is 11.3 Å². The van der Waals surface area contributed by atoms with Gasteiger partial charge in [-0.05, 0) is 74.6 Å². The van der Waals surface area contributed by atoms with Gasteiger partial charge in [0.05, 0.1) is 26.9 Å². The summed E-state index contributed by atoms with van der Waals surface area (Å²) in [6, 6.07) is 54.2. The van der Waals surface area contributed by atoms with Crippen LogP contribution in [0.3, 0.4) is 0 Å². The predicted octanol–water partition coefficient (Wildman–Crippen LogP) is 13.3. The van der Waals surface area contributed by atoms with Crippen LogP contribution in [-0.4, -0.2) is 14.5 Å². The van der Waals surface area contributed by atoms with E-state index >= 15 is 0 Å². The lowest BCUT2D eigenvalue weighted by molar-refractivity contribution is 1.02. The Hall–Kier alpha value is -6.01. The molecule has 0 spiro atoms. The highest BCUT2D eigenvalue weighted by molar-refractivity contribution is 7.80. The first-order chi connectivity index (χ1) is 25.7. The molecule has 11 aromatic rings. The first kappa shape index (κ1) is 29.7. The number of hydrogen-bond donors (Lipinski definition) is 1. The number of aryl methyl sites for hydroxylation is 1. The Balaban J connectivity index is 1.37. The molecule has 244 valence electrons. The zero-order valence-electron chi connectivity index (χ0n) is 28.1. The van der Waals surface area contributed by atoms with Gasteiger partial charge in [-0.25, -0.2) is 9.97 Å². The number of fused-ring (bicyclic) bond motifs is 11. The molecule has 3 nitrogen and oxygen atoms in total. The topological polar surface area (TPSA) is 30.7 Å². The summed E-state index contributed by atoms with van der Waals surface area (Å²) in [4.78, 5) is 12.2. The van der Waals surface area contributed by atoms with Crippen LogP contribution in [-0.2, 0) is 0 Å². The summed E-state index contributed by atoms with van der Waals surface area (Å²) in [5.74, 6) is 0.655. The van der Waals surface area contributed by atoms with Crippen molar-refractivity contribution in [2.45, 2.75) is 11.8 Å². The summed E-state index contributed by atoms with van der Waals surface area (Å²) in [6.07, 6.45) is 0. The summed E-state index contributed by atoms with van der Waals surface area (Å²) in [5.41, 5.74) is 8.62. The second-order valence-electron chi connectivity index (χ2n) is 13.5. The van der Waals surface area contributed by atoms with Gasteiger partial charge in [-0.15, -0.1) is 24.0 Å². The van der Waals surface area contributed by atoms with Crippen LogP contribution in [0.2, 0.25) is 0 Å². The van der Waals surface area contributed by atoms with Gasteiger partial charge in [0.2, 0.25) is 5.95 Å². The maximum Gasteiger partial charge on any atom is 0.235 e. The van der Waals surface area contributed by atoms with E-state index < -0.39 is 0 Å². The van der Waals surface area contributed by atoms with E-state index in [9.17, 15) is 0 Å². The lowest BCUT2D eigenvalue weighted by atomic mass is 9.91. The molecule has 0 fully saturated rings. The van der Waals surface area contributed by atoms with Gasteiger partial charge < -0.3 is 0 Å². The van der Waals surface area contributed by atoms with Gasteiger partial charge in [-0.2, -0.15) is 0 Å². The molecule has 3 heterocycles. The third kappa shape index (κ3) is 4.15. The Morgan fingerprint density at radius 3 is 2.02 bits per heavy atom. The van der Waals surface area contributed by atoms with Crippen LogP contribution in [0.1, 0.15) is 5.56 Å². The van der Waals surface area contributed by atoms with Crippen molar-refractivity contribution < 1.29 is 0 Å². The van der Waals surface area contributed by atoms with Crippen molar-refractivity contribution in [3.8, 4) is 28.3 Å². The Morgan fingerprint density at radius 1 is 0.558 bits per heavy atom. The molecular formula is C47H29N3S2. The molecule has 0 bridgehead atoms. The van der Waals surface area contributed by atoms with E-state index in [1.165, 1.54) is 53.4 Å². The quantitative estimate of drug-likeness (QED) is 0.147. The van der Waals surface area contributed by atoms with Gasteiger partial charge in [0, 0.05) is 36.9 Å². The fraction of sp³-hybridized carbons (Fsp3) is 0.0213. The minimum atomic E-state index is 0.655. The van der Waals surface area contributed by atoms with Gasteiger partial charge >= 0.3 is 0 Å². The lowest BCUT2D eigenvalue weighted by Gasteiger charge is -2.18. The van der Waals surface area contributed by atoms with Crippen molar-refractivity contribution >= 4 is 98.4 Å². The second kappa shape index (κ2) is 11.2. The molecule has 0 saturated heterocycles. The van der Waals surface area contributed by atoms with Crippen LogP contribution in [0, 0.1) is 6.92 Å². The molecule has 8 aromatic carbocycles. The number of benzene rings is 8. The number of thiol groups is 1. The highest BCUT2D eigenvalue weighted by Crippen LogP contribution is 2.47. The standard InChI is InChI=1S/C47H29N3S2/c1-27-29-15-4-7-19-33(29)42-34-20-8-11-23-38(34)50(45(42)41(27)35-21-9-12-24-39(35)51)47-48-43-36-22-10-13-25-40(36)52-46(43)44(49-47)37-26-28-14-2-3-16-30(28)31-17-5-6-18-32(31)37/h2-26,51H,1H3. The van der Waals surface area contributed by atoms with Gasteiger partial charge in [0.25, 0.3) is 0 Å². The Morgan fingerprint density at radius 2 is 1.19 bits per heavy atom. The first-order valence-corrected chi connectivity index (χ1v) is 18.8. The van der Waals surface area contributed by atoms with E-state index in [1.807, 2.05) is 6.07 Å². The van der Waals surface area contributed by atoms with Gasteiger partial charge in [0.1, 0.15) is 0 Å². The van der Waals surface area contributed by atoms with Gasteiger partial charge in [-0.1, -0.05) is 127 Å². The summed E-state index contributed by atoms with van der Waals surface area (Å²) < 4.78 is 4.61. The average molecular weight is 700 g/mol. The number of rotatable bonds is 3. The molecule has 0 atom stereocenters. The second-order valence-corrected chi connectivity index (χ2v) is 15.0.